The Morgan fingerprint density at radius 2 is 2.13 bits per heavy atom. The molecule has 3 rings (SSSR count). The van der Waals surface area contributed by atoms with Crippen LogP contribution in [0, 0.1) is 12.7 Å². The highest BCUT2D eigenvalue weighted by Gasteiger charge is 2.23. The summed E-state index contributed by atoms with van der Waals surface area (Å²) in [5.41, 5.74) is 3.22. The number of alkyl halides is 1. The predicted molar refractivity (Wildman–Crippen MR) is 84.7 cm³/mol. The third-order valence-electron chi connectivity index (χ3n) is 3.87. The van der Waals surface area contributed by atoms with Gasteiger partial charge in [-0.25, -0.2) is 8.78 Å². The maximum absolute atomic E-state index is 14.4. The molecule has 0 saturated carbocycles. The van der Waals surface area contributed by atoms with Crippen LogP contribution in [0.4, 0.5) is 14.5 Å². The van der Waals surface area contributed by atoms with Gasteiger partial charge in [0.15, 0.2) is 0 Å². The van der Waals surface area contributed by atoms with E-state index in [1.165, 1.54) is 12.1 Å². The highest BCUT2D eigenvalue weighted by Crippen LogP contribution is 2.38. The first kappa shape index (κ1) is 15.5. The summed E-state index contributed by atoms with van der Waals surface area (Å²) in [7, 11) is 0. The molecule has 2 aromatic carbocycles. The number of carbonyl (C=O) groups is 1. The molecule has 3 nitrogen and oxygen atoms in total. The molecule has 1 aliphatic heterocycles. The number of aryl methyl sites for hydroxylation is 1. The Balaban J connectivity index is 2.11. The number of rotatable bonds is 4. The first-order valence-electron chi connectivity index (χ1n) is 7.52. The molecular formula is C18H17F2NO2. The second kappa shape index (κ2) is 5.99. The summed E-state index contributed by atoms with van der Waals surface area (Å²) >= 11 is 0. The molecule has 1 amide bonds. The predicted octanol–water partition coefficient (Wildman–Crippen LogP) is 4.38. The van der Waals surface area contributed by atoms with Gasteiger partial charge < -0.3 is 10.1 Å². The number of anilines is 1. The SMILES string of the molecule is CCC(F)Oc1cccc(F)c1-c1cc(C)c2c(c1)CC(=O)N2. The zero-order chi connectivity index (χ0) is 16.6. The fourth-order valence-corrected chi connectivity index (χ4v) is 2.78. The molecule has 0 fully saturated rings. The number of carbonyl (C=O) groups excluding carboxylic acids is 1. The number of hydrogen-bond donors (Lipinski definition) is 1. The summed E-state index contributed by atoms with van der Waals surface area (Å²) < 4.78 is 33.2. The third kappa shape index (κ3) is 2.91. The molecule has 1 N–H and O–H groups in total. The minimum Gasteiger partial charge on any atom is -0.460 e. The first-order valence-corrected chi connectivity index (χ1v) is 7.52. The molecule has 1 atom stereocenters. The molecule has 23 heavy (non-hydrogen) atoms. The van der Waals surface area contributed by atoms with Crippen LogP contribution in [0.15, 0.2) is 30.3 Å². The second-order valence-electron chi connectivity index (χ2n) is 5.60. The zero-order valence-electron chi connectivity index (χ0n) is 13.0. The number of hydrogen-bond acceptors (Lipinski definition) is 2. The van der Waals surface area contributed by atoms with Crippen molar-refractivity contribution in [1.29, 1.82) is 0 Å². The van der Waals surface area contributed by atoms with Gasteiger partial charge in [0.1, 0.15) is 11.6 Å². The molecule has 0 saturated heterocycles. The topological polar surface area (TPSA) is 38.3 Å². The van der Waals surface area contributed by atoms with Gasteiger partial charge in [-0.1, -0.05) is 13.0 Å². The Morgan fingerprint density at radius 1 is 1.35 bits per heavy atom. The van der Waals surface area contributed by atoms with Gasteiger partial charge in [0, 0.05) is 12.1 Å². The molecule has 2 aromatic rings. The lowest BCUT2D eigenvalue weighted by Gasteiger charge is -2.16. The van der Waals surface area contributed by atoms with Crippen LogP contribution in [0.3, 0.4) is 0 Å². The van der Waals surface area contributed by atoms with Crippen molar-refractivity contribution in [2.45, 2.75) is 33.0 Å². The quantitative estimate of drug-likeness (QED) is 0.909. The lowest BCUT2D eigenvalue weighted by Crippen LogP contribution is -2.09. The zero-order valence-corrected chi connectivity index (χ0v) is 13.0. The Morgan fingerprint density at radius 3 is 2.87 bits per heavy atom. The minimum atomic E-state index is -1.49. The van der Waals surface area contributed by atoms with E-state index in [1.54, 1.807) is 25.1 Å². The fourth-order valence-electron chi connectivity index (χ4n) is 2.78. The van der Waals surface area contributed by atoms with Crippen molar-refractivity contribution >= 4 is 11.6 Å². The summed E-state index contributed by atoms with van der Waals surface area (Å²) in [5.74, 6) is -0.404. The summed E-state index contributed by atoms with van der Waals surface area (Å²) in [4.78, 5) is 11.6. The lowest BCUT2D eigenvalue weighted by molar-refractivity contribution is -0.115. The normalized spacial score (nSPS) is 14.3. The molecule has 0 aromatic heterocycles. The van der Waals surface area contributed by atoms with E-state index in [-0.39, 0.29) is 30.1 Å². The molecule has 1 heterocycles. The number of amides is 1. The van der Waals surface area contributed by atoms with Gasteiger partial charge in [-0.3, -0.25) is 4.79 Å². The standard InChI is InChI=1S/C18H17F2NO2/c1-3-15(20)23-14-6-4-5-13(19)17(14)11-7-10(2)18-12(8-11)9-16(22)21-18/h4-8,15H,3,9H2,1-2H3,(H,21,22). The molecule has 1 unspecified atom stereocenters. The van der Waals surface area contributed by atoms with Crippen molar-refractivity contribution in [2.75, 3.05) is 5.32 Å². The fraction of sp³-hybridized carbons (Fsp3) is 0.278. The average molecular weight is 317 g/mol. The highest BCUT2D eigenvalue weighted by atomic mass is 19.1. The number of nitrogens with one attached hydrogen (secondary N) is 1. The molecule has 0 spiro atoms. The van der Waals surface area contributed by atoms with Gasteiger partial charge in [-0.15, -0.1) is 0 Å². The minimum absolute atomic E-state index is 0.0833. The van der Waals surface area contributed by atoms with E-state index in [4.69, 9.17) is 4.74 Å². The molecular weight excluding hydrogens is 300 g/mol. The molecule has 5 heteroatoms. The Bertz CT molecular complexity index is 774. The van der Waals surface area contributed by atoms with Crippen LogP contribution in [-0.4, -0.2) is 12.3 Å². The van der Waals surface area contributed by atoms with Crippen LogP contribution < -0.4 is 10.1 Å². The summed E-state index contributed by atoms with van der Waals surface area (Å²) in [6.45, 7) is 3.50. The third-order valence-corrected chi connectivity index (χ3v) is 3.87. The summed E-state index contributed by atoms with van der Waals surface area (Å²) in [5, 5.41) is 2.79. The van der Waals surface area contributed by atoms with Crippen molar-refractivity contribution in [1.82, 2.24) is 0 Å². The van der Waals surface area contributed by atoms with Gasteiger partial charge in [-0.2, -0.15) is 0 Å². The second-order valence-corrected chi connectivity index (χ2v) is 5.60. The molecule has 0 radical (unpaired) electrons. The van der Waals surface area contributed by atoms with Gasteiger partial charge >= 0.3 is 0 Å². The van der Waals surface area contributed by atoms with E-state index in [1.807, 2.05) is 6.92 Å². The van der Waals surface area contributed by atoms with Gasteiger partial charge in [0.05, 0.1) is 12.0 Å². The molecule has 0 aliphatic carbocycles. The number of ether oxygens (including phenoxy) is 1. The Kier molecular flexibility index (Phi) is 4.03. The lowest BCUT2D eigenvalue weighted by atomic mass is 9.97. The van der Waals surface area contributed by atoms with Crippen LogP contribution in [0.1, 0.15) is 24.5 Å². The van der Waals surface area contributed by atoms with Crippen LogP contribution in [0.25, 0.3) is 11.1 Å². The summed E-state index contributed by atoms with van der Waals surface area (Å²) in [6.07, 6.45) is -1.05. The van der Waals surface area contributed by atoms with Crippen molar-refractivity contribution in [2.24, 2.45) is 0 Å². The number of benzene rings is 2. The van der Waals surface area contributed by atoms with Crippen molar-refractivity contribution in [3.8, 4) is 16.9 Å². The van der Waals surface area contributed by atoms with Crippen LogP contribution >= 0.6 is 0 Å². The first-order chi connectivity index (χ1) is 11.0. The van der Waals surface area contributed by atoms with Crippen molar-refractivity contribution < 1.29 is 18.3 Å². The number of halogens is 2. The maximum atomic E-state index is 14.4. The van der Waals surface area contributed by atoms with Gasteiger partial charge in [0.25, 0.3) is 0 Å². The van der Waals surface area contributed by atoms with Crippen molar-refractivity contribution in [3.63, 3.8) is 0 Å². The van der Waals surface area contributed by atoms with Crippen LogP contribution in [-0.2, 0) is 11.2 Å². The van der Waals surface area contributed by atoms with Crippen molar-refractivity contribution in [3.05, 3.63) is 47.3 Å². The smallest absolute Gasteiger partial charge is 0.238 e. The van der Waals surface area contributed by atoms with E-state index < -0.39 is 12.2 Å². The molecule has 120 valence electrons. The highest BCUT2D eigenvalue weighted by molar-refractivity contribution is 6.00. The average Bonchev–Trinajstić information content (AvgIpc) is 2.88. The van der Waals surface area contributed by atoms with E-state index in [0.717, 1.165) is 16.8 Å². The van der Waals surface area contributed by atoms with Crippen LogP contribution in [0.5, 0.6) is 5.75 Å². The largest absolute Gasteiger partial charge is 0.460 e. The van der Waals surface area contributed by atoms with Gasteiger partial charge in [-0.05, 0) is 47.9 Å². The van der Waals surface area contributed by atoms with E-state index in [2.05, 4.69) is 5.32 Å². The maximum Gasteiger partial charge on any atom is 0.238 e. The monoisotopic (exact) mass is 317 g/mol. The van der Waals surface area contributed by atoms with Crippen LogP contribution in [0.2, 0.25) is 0 Å². The van der Waals surface area contributed by atoms with Gasteiger partial charge in [0.2, 0.25) is 12.3 Å². The summed E-state index contributed by atoms with van der Waals surface area (Å²) in [6, 6.07) is 7.88. The van der Waals surface area contributed by atoms with E-state index in [0.29, 0.717) is 5.56 Å². The molecule has 0 bridgehead atoms. The Hall–Kier alpha value is -2.43. The number of fused-ring (bicyclic) bond motifs is 1. The van der Waals surface area contributed by atoms with E-state index in [9.17, 15) is 13.6 Å². The molecule has 1 aliphatic rings. The Labute approximate surface area is 133 Å². The van der Waals surface area contributed by atoms with E-state index >= 15 is 0 Å².